The van der Waals surface area contributed by atoms with Crippen molar-refractivity contribution < 1.29 is 19.0 Å². The Labute approximate surface area is 131 Å². The van der Waals surface area contributed by atoms with E-state index >= 15 is 0 Å². The average Bonchev–Trinajstić information content (AvgIpc) is 2.50. The first-order valence-electron chi connectivity index (χ1n) is 7.00. The molecule has 0 radical (unpaired) electrons. The summed E-state index contributed by atoms with van der Waals surface area (Å²) in [5.74, 6) is -0.745. The number of ether oxygens (including phenoxy) is 1. The molecule has 0 spiro atoms. The standard InChI is InChI=1S/C16H17FN2O4/c1-10-5-6-14(16(22)19-10)15(21)18-8-12(20)9-23-13-4-2-3-11(17)7-13/h2-7,12,20H,8-9H2,1H3,(H,18,21)(H,19,22)/t12-/m1/s1. The van der Waals surface area contributed by atoms with Crippen LogP contribution in [0.2, 0.25) is 0 Å². The van der Waals surface area contributed by atoms with Gasteiger partial charge in [0.2, 0.25) is 0 Å². The van der Waals surface area contributed by atoms with Crippen LogP contribution < -0.4 is 15.6 Å². The second-order valence-corrected chi connectivity index (χ2v) is 5.02. The number of amides is 1. The maximum Gasteiger partial charge on any atom is 0.260 e. The predicted octanol–water partition coefficient (Wildman–Crippen LogP) is 0.992. The van der Waals surface area contributed by atoms with Crippen LogP contribution in [0.4, 0.5) is 4.39 Å². The van der Waals surface area contributed by atoms with Gasteiger partial charge >= 0.3 is 0 Å². The van der Waals surface area contributed by atoms with E-state index in [0.717, 1.165) is 0 Å². The molecule has 6 nitrogen and oxygen atoms in total. The summed E-state index contributed by atoms with van der Waals surface area (Å²) in [6, 6.07) is 8.54. The summed E-state index contributed by atoms with van der Waals surface area (Å²) in [7, 11) is 0. The van der Waals surface area contributed by atoms with Crippen molar-refractivity contribution in [3.05, 3.63) is 63.8 Å². The highest BCUT2D eigenvalue weighted by molar-refractivity contribution is 5.93. The van der Waals surface area contributed by atoms with E-state index in [9.17, 15) is 19.1 Å². The van der Waals surface area contributed by atoms with Gasteiger partial charge in [-0.1, -0.05) is 6.07 Å². The number of halogens is 1. The number of aryl methyl sites for hydroxylation is 1. The van der Waals surface area contributed by atoms with E-state index in [4.69, 9.17) is 4.74 Å². The zero-order valence-electron chi connectivity index (χ0n) is 12.5. The van der Waals surface area contributed by atoms with Gasteiger partial charge in [0, 0.05) is 18.3 Å². The molecule has 0 aliphatic carbocycles. The van der Waals surface area contributed by atoms with E-state index in [1.807, 2.05) is 0 Å². The Balaban J connectivity index is 1.83. The Hall–Kier alpha value is -2.67. The third-order valence-corrected chi connectivity index (χ3v) is 3.04. The van der Waals surface area contributed by atoms with Crippen LogP contribution in [0.25, 0.3) is 0 Å². The number of nitrogens with one attached hydrogen (secondary N) is 2. The molecule has 23 heavy (non-hydrogen) atoms. The molecule has 1 aromatic carbocycles. The number of rotatable bonds is 6. The van der Waals surface area contributed by atoms with E-state index in [1.165, 1.54) is 24.3 Å². The maximum atomic E-state index is 13.0. The number of benzene rings is 1. The third kappa shape index (κ3) is 4.93. The highest BCUT2D eigenvalue weighted by Crippen LogP contribution is 2.11. The van der Waals surface area contributed by atoms with E-state index in [0.29, 0.717) is 5.69 Å². The molecule has 7 heteroatoms. The van der Waals surface area contributed by atoms with Crippen molar-refractivity contribution in [3.63, 3.8) is 0 Å². The van der Waals surface area contributed by atoms with E-state index in [1.54, 1.807) is 19.1 Å². The smallest absolute Gasteiger partial charge is 0.260 e. The first kappa shape index (κ1) is 16.7. The number of carbonyl (C=O) groups is 1. The van der Waals surface area contributed by atoms with E-state index < -0.39 is 23.4 Å². The highest BCUT2D eigenvalue weighted by Gasteiger charge is 2.13. The van der Waals surface area contributed by atoms with Gasteiger partial charge in [0.05, 0.1) is 0 Å². The Morgan fingerprint density at radius 3 is 2.87 bits per heavy atom. The molecule has 0 saturated carbocycles. The molecule has 0 unspecified atom stereocenters. The SMILES string of the molecule is Cc1ccc(C(=O)NC[C@@H](O)COc2cccc(F)c2)c(=O)[nH]1. The summed E-state index contributed by atoms with van der Waals surface area (Å²) in [4.78, 5) is 26.0. The molecule has 0 saturated heterocycles. The van der Waals surface area contributed by atoms with Crippen LogP contribution in [0, 0.1) is 12.7 Å². The van der Waals surface area contributed by atoms with Gasteiger partial charge in [0.15, 0.2) is 0 Å². The Bertz CT molecular complexity index is 745. The molecule has 0 fully saturated rings. The fourth-order valence-electron chi connectivity index (χ4n) is 1.86. The van der Waals surface area contributed by atoms with Crippen molar-refractivity contribution in [3.8, 4) is 5.75 Å². The van der Waals surface area contributed by atoms with Gasteiger partial charge in [-0.05, 0) is 31.2 Å². The monoisotopic (exact) mass is 320 g/mol. The summed E-state index contributed by atoms with van der Waals surface area (Å²) in [6.45, 7) is 1.49. The molecule has 1 atom stereocenters. The highest BCUT2D eigenvalue weighted by atomic mass is 19.1. The maximum absolute atomic E-state index is 13.0. The Morgan fingerprint density at radius 1 is 1.39 bits per heavy atom. The van der Waals surface area contributed by atoms with Crippen LogP contribution in [0.15, 0.2) is 41.2 Å². The van der Waals surface area contributed by atoms with Crippen molar-refractivity contribution in [1.29, 1.82) is 0 Å². The zero-order chi connectivity index (χ0) is 16.8. The van der Waals surface area contributed by atoms with Crippen LogP contribution in [-0.4, -0.2) is 35.3 Å². The van der Waals surface area contributed by atoms with Crippen LogP contribution in [0.5, 0.6) is 5.75 Å². The van der Waals surface area contributed by atoms with Crippen LogP contribution in [0.1, 0.15) is 16.1 Å². The number of hydrogen-bond donors (Lipinski definition) is 3. The van der Waals surface area contributed by atoms with Gasteiger partial charge in [-0.25, -0.2) is 4.39 Å². The second-order valence-electron chi connectivity index (χ2n) is 5.02. The first-order valence-corrected chi connectivity index (χ1v) is 7.00. The second kappa shape index (κ2) is 7.55. The minimum Gasteiger partial charge on any atom is -0.491 e. The van der Waals surface area contributed by atoms with Crippen molar-refractivity contribution in [2.24, 2.45) is 0 Å². The lowest BCUT2D eigenvalue weighted by Crippen LogP contribution is -2.37. The van der Waals surface area contributed by atoms with Gasteiger partial charge in [0.25, 0.3) is 11.5 Å². The molecular weight excluding hydrogens is 303 g/mol. The zero-order valence-corrected chi connectivity index (χ0v) is 12.5. The van der Waals surface area contributed by atoms with Crippen LogP contribution in [0.3, 0.4) is 0 Å². The molecule has 0 aliphatic heterocycles. The Morgan fingerprint density at radius 2 is 2.17 bits per heavy atom. The fraction of sp³-hybridized carbons (Fsp3) is 0.250. The topological polar surface area (TPSA) is 91.4 Å². The number of aromatic amines is 1. The van der Waals surface area contributed by atoms with Crippen molar-refractivity contribution in [2.45, 2.75) is 13.0 Å². The molecular formula is C16H17FN2O4. The van der Waals surface area contributed by atoms with E-state index in [2.05, 4.69) is 10.3 Å². The van der Waals surface area contributed by atoms with Gasteiger partial charge in [-0.3, -0.25) is 9.59 Å². The fourth-order valence-corrected chi connectivity index (χ4v) is 1.86. The summed E-state index contributed by atoms with van der Waals surface area (Å²) in [5, 5.41) is 12.2. The lowest BCUT2D eigenvalue weighted by Gasteiger charge is -2.13. The van der Waals surface area contributed by atoms with Gasteiger partial charge in [-0.2, -0.15) is 0 Å². The Kier molecular flexibility index (Phi) is 5.48. The third-order valence-electron chi connectivity index (χ3n) is 3.04. The van der Waals surface area contributed by atoms with Crippen molar-refractivity contribution >= 4 is 5.91 Å². The number of H-pyrrole nitrogens is 1. The van der Waals surface area contributed by atoms with Gasteiger partial charge < -0.3 is 20.1 Å². The average molecular weight is 320 g/mol. The number of hydrogen-bond acceptors (Lipinski definition) is 4. The lowest BCUT2D eigenvalue weighted by molar-refractivity contribution is 0.0842. The number of carbonyl (C=O) groups excluding carboxylic acids is 1. The molecule has 122 valence electrons. The van der Waals surface area contributed by atoms with Crippen molar-refractivity contribution in [1.82, 2.24) is 10.3 Å². The molecule has 2 rings (SSSR count). The molecule has 1 amide bonds. The number of aliphatic hydroxyl groups is 1. The van der Waals surface area contributed by atoms with Gasteiger partial charge in [-0.15, -0.1) is 0 Å². The van der Waals surface area contributed by atoms with Gasteiger partial charge in [0.1, 0.15) is 29.8 Å². The summed E-state index contributed by atoms with van der Waals surface area (Å²) < 4.78 is 18.2. The van der Waals surface area contributed by atoms with Crippen molar-refractivity contribution in [2.75, 3.05) is 13.2 Å². The van der Waals surface area contributed by atoms with Crippen LogP contribution >= 0.6 is 0 Å². The lowest BCUT2D eigenvalue weighted by atomic mass is 10.2. The summed E-state index contributed by atoms with van der Waals surface area (Å²) in [6.07, 6.45) is -0.994. The molecule has 1 aromatic heterocycles. The molecule has 3 N–H and O–H groups in total. The minimum absolute atomic E-state index is 0.0335. The molecule has 1 heterocycles. The normalized spacial score (nSPS) is 11.8. The first-order chi connectivity index (χ1) is 11.0. The number of pyridine rings is 1. The number of aromatic nitrogens is 1. The molecule has 0 bridgehead atoms. The quantitative estimate of drug-likeness (QED) is 0.740. The molecule has 0 aliphatic rings. The summed E-state index contributed by atoms with van der Waals surface area (Å²) in [5.41, 5.74) is 0.122. The number of aliphatic hydroxyl groups excluding tert-OH is 1. The predicted molar refractivity (Wildman–Crippen MR) is 82.0 cm³/mol. The van der Waals surface area contributed by atoms with Crippen LogP contribution in [-0.2, 0) is 0 Å². The minimum atomic E-state index is -0.994. The van der Waals surface area contributed by atoms with E-state index in [-0.39, 0.29) is 24.5 Å². The largest absolute Gasteiger partial charge is 0.491 e. The summed E-state index contributed by atoms with van der Waals surface area (Å²) >= 11 is 0. The molecule has 2 aromatic rings.